The molecule has 4 N–H and O–H groups in total. The van der Waals surface area contributed by atoms with Crippen LogP contribution in [0.4, 0.5) is 4.39 Å². The van der Waals surface area contributed by atoms with Crippen LogP contribution in [-0.2, 0) is 17.6 Å². The van der Waals surface area contributed by atoms with E-state index in [0.717, 1.165) is 35.0 Å². The lowest BCUT2D eigenvalue weighted by molar-refractivity contribution is -0.125. The lowest BCUT2D eigenvalue weighted by Gasteiger charge is -2.20. The Bertz CT molecular complexity index is 620. The maximum atomic E-state index is 13.3. The molecule has 3 rings (SSSR count). The number of nitrogens with one attached hydrogen (secondary N) is 2. The highest BCUT2D eigenvalue weighted by Crippen LogP contribution is 2.32. The van der Waals surface area contributed by atoms with Crippen LogP contribution < -0.4 is 11.3 Å². The van der Waals surface area contributed by atoms with Gasteiger partial charge in [0.1, 0.15) is 5.82 Å². The molecule has 1 aromatic heterocycles. The maximum Gasteiger partial charge on any atom is 0.237 e. The van der Waals surface area contributed by atoms with Crippen molar-refractivity contribution in [3.63, 3.8) is 0 Å². The van der Waals surface area contributed by atoms with Crippen LogP contribution in [0.5, 0.6) is 0 Å². The third-order valence-electron chi connectivity index (χ3n) is 3.66. The summed E-state index contributed by atoms with van der Waals surface area (Å²) in [7, 11) is 0. The largest absolute Gasteiger partial charge is 0.358 e. The fourth-order valence-electron chi connectivity index (χ4n) is 2.73. The van der Waals surface area contributed by atoms with Crippen LogP contribution in [-0.4, -0.2) is 10.9 Å². The number of H-pyrrole nitrogens is 1. The molecule has 0 aliphatic heterocycles. The van der Waals surface area contributed by atoms with Gasteiger partial charge in [-0.2, -0.15) is 0 Å². The minimum absolute atomic E-state index is 0.121. The third-order valence-corrected chi connectivity index (χ3v) is 3.66. The molecule has 0 bridgehead atoms. The molecule has 18 heavy (non-hydrogen) atoms. The normalized spacial score (nSPS) is 18.7. The fraction of sp³-hybridized carbons (Fsp3) is 0.308. The summed E-state index contributed by atoms with van der Waals surface area (Å²) < 4.78 is 13.3. The first kappa shape index (κ1) is 11.2. The van der Waals surface area contributed by atoms with Crippen molar-refractivity contribution in [1.29, 1.82) is 0 Å². The van der Waals surface area contributed by atoms with Gasteiger partial charge in [0.05, 0.1) is 0 Å². The first-order valence-corrected chi connectivity index (χ1v) is 5.98. The van der Waals surface area contributed by atoms with Gasteiger partial charge in [0.2, 0.25) is 5.91 Å². The van der Waals surface area contributed by atoms with Gasteiger partial charge in [-0.1, -0.05) is 0 Å². The molecule has 1 aliphatic rings. The smallest absolute Gasteiger partial charge is 0.237 e. The lowest BCUT2D eigenvalue weighted by atomic mass is 9.86. The van der Waals surface area contributed by atoms with Crippen molar-refractivity contribution in [2.45, 2.75) is 19.3 Å². The summed E-state index contributed by atoms with van der Waals surface area (Å²) in [4.78, 5) is 14.9. The minimum atomic E-state index is -0.255. The Kier molecular flexibility index (Phi) is 2.56. The van der Waals surface area contributed by atoms with E-state index in [9.17, 15) is 9.18 Å². The fourth-order valence-corrected chi connectivity index (χ4v) is 2.73. The summed E-state index contributed by atoms with van der Waals surface area (Å²) in [5.74, 6) is 4.65. The number of rotatable bonds is 1. The van der Waals surface area contributed by atoms with E-state index in [1.165, 1.54) is 12.1 Å². The zero-order valence-corrected chi connectivity index (χ0v) is 9.79. The highest BCUT2D eigenvalue weighted by Gasteiger charge is 2.26. The second kappa shape index (κ2) is 4.10. The highest BCUT2D eigenvalue weighted by molar-refractivity contribution is 5.86. The highest BCUT2D eigenvalue weighted by atomic mass is 19.1. The molecule has 94 valence electrons. The second-order valence-electron chi connectivity index (χ2n) is 4.72. The number of hydrogen-bond donors (Lipinski definition) is 3. The van der Waals surface area contributed by atoms with Crippen molar-refractivity contribution in [1.82, 2.24) is 10.4 Å². The van der Waals surface area contributed by atoms with Crippen LogP contribution in [0.2, 0.25) is 0 Å². The van der Waals surface area contributed by atoms with Gasteiger partial charge >= 0.3 is 0 Å². The number of aromatic amines is 1. The number of hydrazine groups is 1. The van der Waals surface area contributed by atoms with Crippen molar-refractivity contribution in [2.75, 3.05) is 0 Å². The van der Waals surface area contributed by atoms with E-state index in [2.05, 4.69) is 10.4 Å². The van der Waals surface area contributed by atoms with Crippen molar-refractivity contribution < 1.29 is 9.18 Å². The first-order valence-electron chi connectivity index (χ1n) is 5.98. The Hall–Kier alpha value is -1.88. The van der Waals surface area contributed by atoms with Crippen molar-refractivity contribution in [2.24, 2.45) is 11.8 Å². The lowest BCUT2D eigenvalue weighted by Crippen LogP contribution is -2.38. The molecule has 0 saturated carbocycles. The van der Waals surface area contributed by atoms with Crippen LogP contribution in [0.1, 0.15) is 17.7 Å². The summed E-state index contributed by atoms with van der Waals surface area (Å²) in [6.07, 6.45) is 2.18. The molecule has 0 spiro atoms. The molecule has 5 heteroatoms. The van der Waals surface area contributed by atoms with E-state index in [0.29, 0.717) is 6.42 Å². The van der Waals surface area contributed by atoms with Gasteiger partial charge in [-0.15, -0.1) is 0 Å². The zero-order valence-electron chi connectivity index (χ0n) is 9.79. The van der Waals surface area contributed by atoms with Gasteiger partial charge in [0.15, 0.2) is 0 Å². The number of benzene rings is 1. The summed E-state index contributed by atoms with van der Waals surface area (Å²) in [5, 5.41) is 0.875. The van der Waals surface area contributed by atoms with Gasteiger partial charge < -0.3 is 4.98 Å². The Labute approximate surface area is 103 Å². The van der Waals surface area contributed by atoms with Gasteiger partial charge in [-0.3, -0.25) is 10.2 Å². The number of halogens is 1. The van der Waals surface area contributed by atoms with E-state index >= 15 is 0 Å². The zero-order chi connectivity index (χ0) is 12.7. The number of carbonyl (C=O) groups is 1. The average molecular weight is 247 g/mol. The second-order valence-corrected chi connectivity index (χ2v) is 4.72. The molecule has 1 amide bonds. The molecular weight excluding hydrogens is 233 g/mol. The molecule has 4 nitrogen and oxygen atoms in total. The van der Waals surface area contributed by atoms with E-state index in [4.69, 9.17) is 5.84 Å². The topological polar surface area (TPSA) is 70.9 Å². The Morgan fingerprint density at radius 3 is 3.11 bits per heavy atom. The number of aromatic nitrogens is 1. The summed E-state index contributed by atoms with van der Waals surface area (Å²) in [6.45, 7) is 0. The van der Waals surface area contributed by atoms with Crippen LogP contribution >= 0.6 is 0 Å². The summed E-state index contributed by atoms with van der Waals surface area (Å²) in [6, 6.07) is 4.70. The van der Waals surface area contributed by atoms with E-state index in [1.807, 2.05) is 0 Å². The number of nitrogens with two attached hydrogens (primary N) is 1. The molecule has 1 aliphatic carbocycles. The minimum Gasteiger partial charge on any atom is -0.358 e. The first-order chi connectivity index (χ1) is 8.69. The number of carbonyl (C=O) groups excluding carboxylic acids is 1. The van der Waals surface area contributed by atoms with E-state index < -0.39 is 0 Å². The monoisotopic (exact) mass is 247 g/mol. The third kappa shape index (κ3) is 1.67. The molecule has 0 fully saturated rings. The molecule has 1 heterocycles. The van der Waals surface area contributed by atoms with Crippen LogP contribution in [0.3, 0.4) is 0 Å². The van der Waals surface area contributed by atoms with Gasteiger partial charge in [0.25, 0.3) is 0 Å². The SMILES string of the molecule is NNC(=O)C1CCc2[nH]c3ccc(F)cc3c2C1. The van der Waals surface area contributed by atoms with Gasteiger partial charge in [-0.25, -0.2) is 10.2 Å². The van der Waals surface area contributed by atoms with Crippen molar-refractivity contribution >= 4 is 16.8 Å². The number of aryl methyl sites for hydroxylation is 1. The van der Waals surface area contributed by atoms with Crippen LogP contribution in [0.15, 0.2) is 18.2 Å². The average Bonchev–Trinajstić information content (AvgIpc) is 2.75. The number of hydrogen-bond acceptors (Lipinski definition) is 2. The predicted octanol–water partition coefficient (Wildman–Crippen LogP) is 1.40. The summed E-state index contributed by atoms with van der Waals surface area (Å²) in [5.41, 5.74) is 5.27. The molecular formula is C13H14FN3O. The van der Waals surface area contributed by atoms with Crippen LogP contribution in [0.25, 0.3) is 10.9 Å². The van der Waals surface area contributed by atoms with E-state index in [1.54, 1.807) is 6.07 Å². The Balaban J connectivity index is 2.05. The van der Waals surface area contributed by atoms with Crippen molar-refractivity contribution in [3.8, 4) is 0 Å². The molecule has 1 aromatic carbocycles. The molecule has 0 radical (unpaired) electrons. The van der Waals surface area contributed by atoms with Crippen LogP contribution in [0, 0.1) is 11.7 Å². The quantitative estimate of drug-likeness (QED) is 0.405. The standard InChI is InChI=1S/C13H14FN3O/c14-8-2-4-12-10(6-8)9-5-7(13(18)17-15)1-3-11(9)16-12/h2,4,6-7,16H,1,3,5,15H2,(H,17,18). The maximum absolute atomic E-state index is 13.3. The molecule has 1 atom stereocenters. The Morgan fingerprint density at radius 1 is 1.50 bits per heavy atom. The van der Waals surface area contributed by atoms with E-state index in [-0.39, 0.29) is 17.6 Å². The van der Waals surface area contributed by atoms with Gasteiger partial charge in [-0.05, 0) is 43.0 Å². The van der Waals surface area contributed by atoms with Gasteiger partial charge in [0, 0.05) is 22.5 Å². The molecule has 1 unspecified atom stereocenters. The summed E-state index contributed by atoms with van der Waals surface area (Å²) >= 11 is 0. The predicted molar refractivity (Wildman–Crippen MR) is 66.1 cm³/mol. The number of amides is 1. The number of fused-ring (bicyclic) bond motifs is 3. The molecule has 2 aromatic rings. The molecule has 0 saturated heterocycles. The Morgan fingerprint density at radius 2 is 2.33 bits per heavy atom. The van der Waals surface area contributed by atoms with Crippen molar-refractivity contribution in [3.05, 3.63) is 35.3 Å².